The Morgan fingerprint density at radius 2 is 1.94 bits per heavy atom. The Bertz CT molecular complexity index is 372. The Hall–Kier alpha value is -1.88. The predicted octanol–water partition coefficient (Wildman–Crippen LogP) is 0.647. The number of hydrogen-bond donors (Lipinski definition) is 2. The second-order valence-corrected chi connectivity index (χ2v) is 3.18. The van der Waals surface area contributed by atoms with Crippen molar-refractivity contribution in [3.05, 3.63) is 35.4 Å². The summed E-state index contributed by atoms with van der Waals surface area (Å²) < 4.78 is 4.46. The van der Waals surface area contributed by atoms with Gasteiger partial charge in [0.2, 0.25) is 0 Å². The summed E-state index contributed by atoms with van der Waals surface area (Å²) in [6, 6.07) is 6.45. The first-order valence-electron chi connectivity index (χ1n) is 4.73. The number of carboxylic acids is 1. The van der Waals surface area contributed by atoms with Gasteiger partial charge in [-0.1, -0.05) is 12.1 Å². The molecule has 0 amide bonds. The van der Waals surface area contributed by atoms with Crippen LogP contribution in [0.1, 0.15) is 15.9 Å². The second kappa shape index (κ2) is 5.87. The average Bonchev–Trinajstić information content (AvgIpc) is 2.29. The number of carboxylic acid groups (broad SMARTS) is 1. The highest BCUT2D eigenvalue weighted by atomic mass is 16.5. The topological polar surface area (TPSA) is 75.6 Å². The number of hydrogen-bond acceptors (Lipinski definition) is 4. The zero-order chi connectivity index (χ0) is 12.0. The van der Waals surface area contributed by atoms with Crippen LogP contribution >= 0.6 is 0 Å². The van der Waals surface area contributed by atoms with Gasteiger partial charge >= 0.3 is 11.9 Å². The monoisotopic (exact) mass is 223 g/mol. The molecule has 0 saturated heterocycles. The maximum atomic E-state index is 10.8. The third kappa shape index (κ3) is 3.70. The van der Waals surface area contributed by atoms with E-state index in [0.29, 0.717) is 6.54 Å². The van der Waals surface area contributed by atoms with Gasteiger partial charge in [-0.05, 0) is 17.7 Å². The van der Waals surface area contributed by atoms with Crippen LogP contribution in [0.2, 0.25) is 0 Å². The SMILES string of the molecule is COC(=O)CNCc1ccc(C(=O)O)cc1. The standard InChI is InChI=1S/C11H13NO4/c1-16-10(13)7-12-6-8-2-4-9(5-3-8)11(14)15/h2-5,12H,6-7H2,1H3,(H,14,15). The molecule has 2 N–H and O–H groups in total. The number of nitrogens with one attached hydrogen (secondary N) is 1. The highest BCUT2D eigenvalue weighted by Crippen LogP contribution is 2.03. The van der Waals surface area contributed by atoms with Crippen molar-refractivity contribution >= 4 is 11.9 Å². The fourth-order valence-electron chi connectivity index (χ4n) is 1.15. The quantitative estimate of drug-likeness (QED) is 0.717. The fraction of sp³-hybridized carbons (Fsp3) is 0.273. The minimum atomic E-state index is -0.950. The van der Waals surface area contributed by atoms with Crippen molar-refractivity contribution in [2.45, 2.75) is 6.54 Å². The first-order valence-corrected chi connectivity index (χ1v) is 4.73. The summed E-state index contributed by atoms with van der Waals surface area (Å²) in [5.41, 5.74) is 1.16. The lowest BCUT2D eigenvalue weighted by Gasteiger charge is -2.03. The lowest BCUT2D eigenvalue weighted by atomic mass is 10.1. The number of carbonyl (C=O) groups excluding carboxylic acids is 1. The van der Waals surface area contributed by atoms with E-state index in [4.69, 9.17) is 5.11 Å². The first-order chi connectivity index (χ1) is 7.63. The molecule has 0 atom stereocenters. The summed E-state index contributed by atoms with van der Waals surface area (Å²) in [5, 5.41) is 11.6. The van der Waals surface area contributed by atoms with Crippen LogP contribution in [-0.4, -0.2) is 30.7 Å². The number of aromatic carboxylic acids is 1. The molecule has 0 fully saturated rings. The normalized spacial score (nSPS) is 9.81. The van der Waals surface area contributed by atoms with Gasteiger partial charge in [0.15, 0.2) is 0 Å². The lowest BCUT2D eigenvalue weighted by Crippen LogP contribution is -2.23. The van der Waals surface area contributed by atoms with E-state index in [0.717, 1.165) is 5.56 Å². The van der Waals surface area contributed by atoms with Gasteiger partial charge in [0.25, 0.3) is 0 Å². The van der Waals surface area contributed by atoms with Crippen molar-refractivity contribution in [2.24, 2.45) is 0 Å². The Labute approximate surface area is 93.0 Å². The molecule has 0 aliphatic heterocycles. The van der Waals surface area contributed by atoms with E-state index < -0.39 is 5.97 Å². The summed E-state index contributed by atoms with van der Waals surface area (Å²) >= 11 is 0. The van der Waals surface area contributed by atoms with E-state index in [1.54, 1.807) is 12.1 Å². The molecule has 0 radical (unpaired) electrons. The third-order valence-corrected chi connectivity index (χ3v) is 2.03. The molecule has 0 heterocycles. The summed E-state index contributed by atoms with van der Waals surface area (Å²) in [5.74, 6) is -1.28. The first kappa shape index (κ1) is 12.2. The number of rotatable bonds is 5. The molecule has 1 aromatic rings. The van der Waals surface area contributed by atoms with Gasteiger partial charge in [0.05, 0.1) is 19.2 Å². The van der Waals surface area contributed by atoms with Crippen LogP contribution in [-0.2, 0) is 16.1 Å². The van der Waals surface area contributed by atoms with Gasteiger partial charge in [0.1, 0.15) is 0 Å². The van der Waals surface area contributed by atoms with Gasteiger partial charge in [-0.3, -0.25) is 4.79 Å². The summed E-state index contributed by atoms with van der Waals surface area (Å²) in [7, 11) is 1.33. The summed E-state index contributed by atoms with van der Waals surface area (Å²) in [6.07, 6.45) is 0. The van der Waals surface area contributed by atoms with Crippen LogP contribution in [0.4, 0.5) is 0 Å². The minimum Gasteiger partial charge on any atom is -0.478 e. The molecule has 0 aromatic heterocycles. The molecule has 0 aliphatic rings. The smallest absolute Gasteiger partial charge is 0.335 e. The number of esters is 1. The highest BCUT2D eigenvalue weighted by Gasteiger charge is 2.02. The zero-order valence-electron chi connectivity index (χ0n) is 8.90. The molecule has 5 nitrogen and oxygen atoms in total. The Balaban J connectivity index is 2.43. The van der Waals surface area contributed by atoms with Crippen LogP contribution in [0.3, 0.4) is 0 Å². The molecule has 1 aromatic carbocycles. The van der Waals surface area contributed by atoms with Gasteiger partial charge in [-0.2, -0.15) is 0 Å². The number of methoxy groups -OCH3 is 1. The highest BCUT2D eigenvalue weighted by molar-refractivity contribution is 5.87. The fourth-order valence-corrected chi connectivity index (χ4v) is 1.15. The molecule has 0 unspecified atom stereocenters. The molecular weight excluding hydrogens is 210 g/mol. The lowest BCUT2D eigenvalue weighted by molar-refractivity contribution is -0.139. The maximum Gasteiger partial charge on any atom is 0.335 e. The van der Waals surface area contributed by atoms with Crippen molar-refractivity contribution in [1.29, 1.82) is 0 Å². The Morgan fingerprint density at radius 3 is 2.44 bits per heavy atom. The Morgan fingerprint density at radius 1 is 1.31 bits per heavy atom. The minimum absolute atomic E-state index is 0.136. The van der Waals surface area contributed by atoms with Gasteiger partial charge < -0.3 is 15.2 Å². The number of benzene rings is 1. The largest absolute Gasteiger partial charge is 0.478 e. The summed E-state index contributed by atoms with van der Waals surface area (Å²) in [6.45, 7) is 0.631. The maximum absolute atomic E-state index is 10.8. The van der Waals surface area contributed by atoms with E-state index in [9.17, 15) is 9.59 Å². The van der Waals surface area contributed by atoms with Crippen LogP contribution in [0.15, 0.2) is 24.3 Å². The van der Waals surface area contributed by atoms with Crippen molar-refractivity contribution in [3.63, 3.8) is 0 Å². The van der Waals surface area contributed by atoms with E-state index in [2.05, 4.69) is 10.1 Å². The molecule has 1 rings (SSSR count). The Kier molecular flexibility index (Phi) is 4.47. The van der Waals surface area contributed by atoms with Crippen molar-refractivity contribution < 1.29 is 19.4 Å². The van der Waals surface area contributed by atoms with Crippen LogP contribution in [0, 0.1) is 0 Å². The van der Waals surface area contributed by atoms with E-state index >= 15 is 0 Å². The van der Waals surface area contributed by atoms with Gasteiger partial charge in [-0.25, -0.2) is 4.79 Å². The van der Waals surface area contributed by atoms with Crippen LogP contribution in [0.25, 0.3) is 0 Å². The predicted molar refractivity (Wildman–Crippen MR) is 57.1 cm³/mol. The number of ether oxygens (including phenoxy) is 1. The third-order valence-electron chi connectivity index (χ3n) is 2.03. The molecule has 0 aliphatic carbocycles. The average molecular weight is 223 g/mol. The van der Waals surface area contributed by atoms with E-state index in [1.807, 2.05) is 0 Å². The molecule has 0 bridgehead atoms. The molecule has 86 valence electrons. The van der Waals surface area contributed by atoms with Gasteiger partial charge in [-0.15, -0.1) is 0 Å². The molecule has 0 spiro atoms. The van der Waals surface area contributed by atoms with Crippen LogP contribution in [0.5, 0.6) is 0 Å². The van der Waals surface area contributed by atoms with Gasteiger partial charge in [0, 0.05) is 6.54 Å². The zero-order valence-corrected chi connectivity index (χ0v) is 8.90. The summed E-state index contributed by atoms with van der Waals surface area (Å²) in [4.78, 5) is 21.4. The van der Waals surface area contributed by atoms with E-state index in [-0.39, 0.29) is 18.1 Å². The van der Waals surface area contributed by atoms with Crippen molar-refractivity contribution in [3.8, 4) is 0 Å². The van der Waals surface area contributed by atoms with Crippen molar-refractivity contribution in [1.82, 2.24) is 5.32 Å². The molecule has 5 heteroatoms. The van der Waals surface area contributed by atoms with Crippen molar-refractivity contribution in [2.75, 3.05) is 13.7 Å². The number of carbonyl (C=O) groups is 2. The molecule has 16 heavy (non-hydrogen) atoms. The molecular formula is C11H13NO4. The second-order valence-electron chi connectivity index (χ2n) is 3.18. The van der Waals surface area contributed by atoms with Crippen LogP contribution < -0.4 is 5.32 Å². The molecule has 0 saturated carbocycles. The van der Waals surface area contributed by atoms with E-state index in [1.165, 1.54) is 19.2 Å².